The van der Waals surface area contributed by atoms with Gasteiger partial charge in [0, 0.05) is 55.9 Å². The lowest BCUT2D eigenvalue weighted by Gasteiger charge is -2.42. The van der Waals surface area contributed by atoms with E-state index in [2.05, 4.69) is 214 Å². The Bertz CT molecular complexity index is 3390. The van der Waals surface area contributed by atoms with Crippen LogP contribution in [0.5, 0.6) is 0 Å². The molecular formula is C58H47BN2O. The first-order chi connectivity index (χ1) is 30.2. The number of para-hydroxylation sites is 1. The van der Waals surface area contributed by atoms with E-state index < -0.39 is 0 Å². The summed E-state index contributed by atoms with van der Waals surface area (Å²) in [6.45, 7) is 9.61. The second-order valence-electron chi connectivity index (χ2n) is 18.8. The van der Waals surface area contributed by atoms with Gasteiger partial charge in [-0.3, -0.25) is 0 Å². The van der Waals surface area contributed by atoms with Crippen molar-refractivity contribution in [2.45, 2.75) is 51.4 Å². The summed E-state index contributed by atoms with van der Waals surface area (Å²) in [6, 6.07) is 64.6. The molecule has 0 spiro atoms. The van der Waals surface area contributed by atoms with Crippen molar-refractivity contribution in [2.24, 2.45) is 0 Å². The molecule has 3 nitrogen and oxygen atoms in total. The summed E-state index contributed by atoms with van der Waals surface area (Å²) in [5, 5.41) is 7.62. The first-order valence-corrected chi connectivity index (χ1v) is 22.1. The van der Waals surface area contributed by atoms with Gasteiger partial charge in [0.05, 0.1) is 5.52 Å². The van der Waals surface area contributed by atoms with Crippen LogP contribution in [-0.2, 0) is 10.8 Å². The Kier molecular flexibility index (Phi) is 8.15. The standard InChI is InChI=1S/C58H47BN2O/c1-57(2)28-29-58(3,4)47-33-41(25-26-46(47)57)60-49-23-15-14-22-42(49)44-34-43(37-18-10-6-11-19-37)54-45-30-39(36-16-8-5-9-17-36)24-27-50(45)61-51-35-53-40(31-48(51)59-55(44)56(54)61)32-52(62-53)38-20-12-7-13-21-38/h5-27,30-35,59-60H,28-29H2,1-4H3. The fourth-order valence-corrected chi connectivity index (χ4v) is 10.7. The van der Waals surface area contributed by atoms with Crippen LogP contribution in [0.3, 0.4) is 0 Å². The lowest BCUT2D eigenvalue weighted by molar-refractivity contribution is 0.332. The lowest BCUT2D eigenvalue weighted by atomic mass is 9.58. The number of hydrogen-bond acceptors (Lipinski definition) is 2. The number of benzene rings is 8. The molecule has 1 aliphatic carbocycles. The number of nitrogens with zero attached hydrogens (tertiary/aromatic N) is 1. The van der Waals surface area contributed by atoms with E-state index >= 15 is 0 Å². The molecule has 3 heterocycles. The van der Waals surface area contributed by atoms with Crippen molar-refractivity contribution in [3.8, 4) is 50.4 Å². The van der Waals surface area contributed by atoms with Gasteiger partial charge in [-0.25, -0.2) is 0 Å². The van der Waals surface area contributed by atoms with Gasteiger partial charge in [0.1, 0.15) is 11.3 Å². The van der Waals surface area contributed by atoms with Crippen molar-refractivity contribution in [3.63, 3.8) is 0 Å². The van der Waals surface area contributed by atoms with Gasteiger partial charge in [-0.2, -0.15) is 0 Å². The highest BCUT2D eigenvalue weighted by molar-refractivity contribution is 6.74. The van der Waals surface area contributed by atoms with E-state index in [9.17, 15) is 0 Å². The molecule has 62 heavy (non-hydrogen) atoms. The molecule has 2 aromatic heterocycles. The van der Waals surface area contributed by atoms with Gasteiger partial charge in [0.25, 0.3) is 0 Å². The van der Waals surface area contributed by atoms with Crippen LogP contribution in [0, 0.1) is 0 Å². The van der Waals surface area contributed by atoms with Crippen molar-refractivity contribution in [1.29, 1.82) is 0 Å². The highest BCUT2D eigenvalue weighted by atomic mass is 16.3. The molecule has 298 valence electrons. The molecule has 0 saturated carbocycles. The first kappa shape index (κ1) is 36.8. The molecule has 0 radical (unpaired) electrons. The minimum absolute atomic E-state index is 0.116. The maximum absolute atomic E-state index is 6.67. The molecule has 2 aliphatic rings. The van der Waals surface area contributed by atoms with Crippen LogP contribution in [0.15, 0.2) is 180 Å². The number of rotatable bonds is 6. The van der Waals surface area contributed by atoms with E-state index in [4.69, 9.17) is 4.42 Å². The molecule has 8 aromatic carbocycles. The second-order valence-corrected chi connectivity index (χ2v) is 18.8. The van der Waals surface area contributed by atoms with Crippen LogP contribution in [-0.4, -0.2) is 11.8 Å². The Morgan fingerprint density at radius 1 is 0.548 bits per heavy atom. The number of anilines is 2. The average Bonchev–Trinajstić information content (AvgIpc) is 3.88. The van der Waals surface area contributed by atoms with Crippen molar-refractivity contribution in [3.05, 3.63) is 187 Å². The number of furan rings is 1. The molecule has 0 fully saturated rings. The summed E-state index contributed by atoms with van der Waals surface area (Å²) in [5.41, 5.74) is 21.0. The SMILES string of the molecule is CC1(C)CCC(C)(C)c2cc(Nc3ccccc3-c3cc(-c4ccccc4)c4c5cc(-c6ccccc6)ccc5n5c4c3Bc3cc4cc(-c6ccccc6)oc4cc3-5)ccc21. The lowest BCUT2D eigenvalue weighted by Crippen LogP contribution is -2.37. The van der Waals surface area contributed by atoms with Crippen molar-refractivity contribution in [1.82, 2.24) is 4.57 Å². The van der Waals surface area contributed by atoms with Gasteiger partial charge < -0.3 is 14.3 Å². The van der Waals surface area contributed by atoms with Crippen molar-refractivity contribution >= 4 is 62.4 Å². The van der Waals surface area contributed by atoms with Gasteiger partial charge in [-0.05, 0) is 111 Å². The topological polar surface area (TPSA) is 30.1 Å². The number of nitrogens with one attached hydrogen (secondary N) is 1. The van der Waals surface area contributed by atoms with Crippen LogP contribution in [0.1, 0.15) is 51.7 Å². The van der Waals surface area contributed by atoms with Gasteiger partial charge >= 0.3 is 0 Å². The molecule has 10 aromatic rings. The highest BCUT2D eigenvalue weighted by Crippen LogP contribution is 2.48. The molecule has 1 aliphatic heterocycles. The summed E-state index contributed by atoms with van der Waals surface area (Å²) in [6.07, 6.45) is 2.38. The van der Waals surface area contributed by atoms with Crippen LogP contribution < -0.4 is 16.2 Å². The molecular weight excluding hydrogens is 751 g/mol. The summed E-state index contributed by atoms with van der Waals surface area (Å²) in [7, 11) is 0.788. The van der Waals surface area contributed by atoms with Gasteiger partial charge in [0.15, 0.2) is 7.28 Å². The molecule has 4 heteroatoms. The third kappa shape index (κ3) is 5.81. The highest BCUT2D eigenvalue weighted by Gasteiger charge is 2.37. The maximum atomic E-state index is 6.67. The fourth-order valence-electron chi connectivity index (χ4n) is 10.7. The van der Waals surface area contributed by atoms with E-state index in [0.29, 0.717) is 0 Å². The van der Waals surface area contributed by atoms with Crippen molar-refractivity contribution in [2.75, 3.05) is 5.32 Å². The third-order valence-corrected chi connectivity index (χ3v) is 14.1. The number of aromatic nitrogens is 1. The molecule has 0 unspecified atom stereocenters. The van der Waals surface area contributed by atoms with E-state index in [1.165, 1.54) is 95.8 Å². The Morgan fingerprint density at radius 3 is 1.98 bits per heavy atom. The Morgan fingerprint density at radius 2 is 1.23 bits per heavy atom. The minimum atomic E-state index is 0.116. The summed E-state index contributed by atoms with van der Waals surface area (Å²) in [4.78, 5) is 0. The molecule has 0 amide bonds. The van der Waals surface area contributed by atoms with E-state index in [1.54, 1.807) is 0 Å². The summed E-state index contributed by atoms with van der Waals surface area (Å²) < 4.78 is 9.20. The number of fused-ring (bicyclic) bond motifs is 7. The van der Waals surface area contributed by atoms with Crippen LogP contribution in [0.4, 0.5) is 11.4 Å². The Hall–Kier alpha value is -7.04. The smallest absolute Gasteiger partial charge is 0.198 e. The monoisotopic (exact) mass is 798 g/mol. The summed E-state index contributed by atoms with van der Waals surface area (Å²) in [5.74, 6) is 0.886. The van der Waals surface area contributed by atoms with Crippen LogP contribution >= 0.6 is 0 Å². The van der Waals surface area contributed by atoms with Crippen molar-refractivity contribution < 1.29 is 4.42 Å². The predicted octanol–water partition coefficient (Wildman–Crippen LogP) is 14.0. The molecule has 0 saturated heterocycles. The van der Waals surface area contributed by atoms with Crippen LogP contribution in [0.25, 0.3) is 83.2 Å². The number of hydrogen-bond donors (Lipinski definition) is 1. The fraction of sp³-hybridized carbons (Fsp3) is 0.138. The molecule has 1 N–H and O–H groups in total. The largest absolute Gasteiger partial charge is 0.456 e. The zero-order valence-electron chi connectivity index (χ0n) is 35.7. The van der Waals surface area contributed by atoms with Gasteiger partial charge in [-0.15, -0.1) is 0 Å². The quantitative estimate of drug-likeness (QED) is 0.170. The average molecular weight is 799 g/mol. The third-order valence-electron chi connectivity index (χ3n) is 14.1. The van der Waals surface area contributed by atoms with Gasteiger partial charge in [0.2, 0.25) is 0 Å². The normalized spacial score (nSPS) is 14.7. The predicted molar refractivity (Wildman–Crippen MR) is 264 cm³/mol. The second kappa shape index (κ2) is 13.7. The van der Waals surface area contributed by atoms with E-state index in [1.807, 2.05) is 0 Å². The van der Waals surface area contributed by atoms with Gasteiger partial charge in [-0.1, -0.05) is 161 Å². The zero-order valence-corrected chi connectivity index (χ0v) is 35.7. The summed E-state index contributed by atoms with van der Waals surface area (Å²) >= 11 is 0. The van der Waals surface area contributed by atoms with E-state index in [-0.39, 0.29) is 10.8 Å². The van der Waals surface area contributed by atoms with Crippen LogP contribution in [0.2, 0.25) is 0 Å². The Labute approximate surface area is 363 Å². The maximum Gasteiger partial charge on any atom is 0.198 e. The molecule has 12 rings (SSSR count). The van der Waals surface area contributed by atoms with E-state index in [0.717, 1.165) is 40.9 Å². The Balaban J connectivity index is 1.12. The zero-order chi connectivity index (χ0) is 41.7. The molecule has 0 atom stereocenters. The minimum Gasteiger partial charge on any atom is -0.456 e. The molecule has 0 bridgehead atoms. The first-order valence-electron chi connectivity index (χ1n) is 22.1.